The van der Waals surface area contributed by atoms with Crippen molar-refractivity contribution in [3.63, 3.8) is 0 Å². The maximum absolute atomic E-state index is 14.0. The van der Waals surface area contributed by atoms with Gasteiger partial charge in [0.15, 0.2) is 9.89 Å². The summed E-state index contributed by atoms with van der Waals surface area (Å²) in [6, 6.07) is 16.2. The van der Waals surface area contributed by atoms with Crippen LogP contribution in [0.5, 0.6) is 5.75 Å². The van der Waals surface area contributed by atoms with E-state index in [0.717, 1.165) is 11.3 Å². The number of benzene rings is 2. The minimum atomic E-state index is -0.827. The number of rotatable bonds is 9. The van der Waals surface area contributed by atoms with Gasteiger partial charge in [0, 0.05) is 21.6 Å². The molecule has 10 heteroatoms. The van der Waals surface area contributed by atoms with Crippen molar-refractivity contribution in [1.82, 2.24) is 4.57 Å². The number of ether oxygens (including phenoxy) is 2. The third-order valence-electron chi connectivity index (χ3n) is 6.49. The monoisotopic (exact) mass is 608 g/mol. The lowest BCUT2D eigenvalue weighted by Gasteiger charge is -2.27. The van der Waals surface area contributed by atoms with E-state index in [0.29, 0.717) is 54.2 Å². The van der Waals surface area contributed by atoms with E-state index >= 15 is 0 Å². The number of methoxy groups -OCH3 is 1. The fourth-order valence-corrected chi connectivity index (χ4v) is 6.61. The lowest BCUT2D eigenvalue weighted by Crippen LogP contribution is -2.40. The molecule has 2 aromatic heterocycles. The minimum absolute atomic E-state index is 0.187. The van der Waals surface area contributed by atoms with Crippen LogP contribution in [-0.2, 0) is 9.53 Å². The molecule has 7 nitrogen and oxygen atoms in total. The van der Waals surface area contributed by atoms with Crippen molar-refractivity contribution >= 4 is 46.7 Å². The lowest BCUT2D eigenvalue weighted by atomic mass is 9.93. The first kappa shape index (κ1) is 29.0. The van der Waals surface area contributed by atoms with Crippen molar-refractivity contribution in [1.29, 1.82) is 0 Å². The highest BCUT2D eigenvalue weighted by atomic mass is 35.5. The Kier molecular flexibility index (Phi) is 8.87. The van der Waals surface area contributed by atoms with Crippen LogP contribution in [0.3, 0.4) is 0 Å². The summed E-state index contributed by atoms with van der Waals surface area (Å²) in [4.78, 5) is 33.7. The quantitative estimate of drug-likeness (QED) is 0.208. The van der Waals surface area contributed by atoms with Gasteiger partial charge in [0.2, 0.25) is 0 Å². The first-order chi connectivity index (χ1) is 19.8. The number of halogens is 1. The number of nitrogens with zero attached hydrogens (tertiary/aromatic N) is 2. The van der Waals surface area contributed by atoms with Crippen LogP contribution in [0.25, 0.3) is 6.08 Å². The standard InChI is InChI=1S/C31H29ClN2O5S2/c1-5-7-23-27(30(36)38-6-2)28(22-16-19(32)10-14-24(22)37-4)34-29(35)25(41-31(34)33-23)17-20-11-15-26(39-20)40-21-12-8-18(3)9-13-21/h8-17,28H,5-7H2,1-4H3/b25-17+/t28-/m0/s1. The fraction of sp³-hybridized carbons (Fsp3) is 0.258. The van der Waals surface area contributed by atoms with Crippen molar-refractivity contribution in [3.05, 3.63) is 107 Å². The maximum atomic E-state index is 14.0. The third kappa shape index (κ3) is 6.07. The summed E-state index contributed by atoms with van der Waals surface area (Å²) in [5, 5.41) is 1.17. The Morgan fingerprint density at radius 2 is 1.95 bits per heavy atom. The van der Waals surface area contributed by atoms with Crippen LogP contribution in [0, 0.1) is 6.92 Å². The van der Waals surface area contributed by atoms with Gasteiger partial charge >= 0.3 is 5.97 Å². The molecule has 0 spiro atoms. The van der Waals surface area contributed by atoms with Crippen LogP contribution in [0.1, 0.15) is 49.6 Å². The number of thiazole rings is 1. The number of aromatic nitrogens is 1. The summed E-state index contributed by atoms with van der Waals surface area (Å²) >= 11 is 9.16. The molecule has 2 aromatic carbocycles. The largest absolute Gasteiger partial charge is 0.496 e. The Labute approximate surface area is 250 Å². The van der Waals surface area contributed by atoms with E-state index in [1.54, 1.807) is 38.3 Å². The van der Waals surface area contributed by atoms with Gasteiger partial charge in [0.05, 0.1) is 29.5 Å². The fourth-order valence-electron chi connectivity index (χ4n) is 4.65. The first-order valence-corrected chi connectivity index (χ1v) is 15.2. The van der Waals surface area contributed by atoms with Gasteiger partial charge in [-0.15, -0.1) is 0 Å². The first-order valence-electron chi connectivity index (χ1n) is 13.2. The summed E-state index contributed by atoms with van der Waals surface area (Å²) < 4.78 is 19.1. The van der Waals surface area contributed by atoms with Gasteiger partial charge in [0.1, 0.15) is 17.6 Å². The average molecular weight is 609 g/mol. The number of fused-ring (bicyclic) bond motifs is 1. The molecular formula is C31H29ClN2O5S2. The molecule has 5 rings (SSSR count). The molecule has 1 aliphatic rings. The van der Waals surface area contributed by atoms with Crippen molar-refractivity contribution in [3.8, 4) is 5.75 Å². The number of carbonyl (C=O) groups excluding carboxylic acids is 1. The van der Waals surface area contributed by atoms with Crippen molar-refractivity contribution in [2.75, 3.05) is 13.7 Å². The molecule has 0 unspecified atom stereocenters. The molecule has 3 heterocycles. The molecule has 0 saturated heterocycles. The zero-order valence-corrected chi connectivity index (χ0v) is 25.5. The van der Waals surface area contributed by atoms with Crippen LogP contribution < -0.4 is 19.6 Å². The Balaban J connectivity index is 1.65. The van der Waals surface area contributed by atoms with Crippen LogP contribution in [-0.4, -0.2) is 24.3 Å². The number of allylic oxidation sites excluding steroid dienone is 1. The maximum Gasteiger partial charge on any atom is 0.338 e. The number of aryl methyl sites for hydroxylation is 1. The summed E-state index contributed by atoms with van der Waals surface area (Å²) in [6.45, 7) is 5.99. The molecule has 212 valence electrons. The van der Waals surface area contributed by atoms with E-state index in [-0.39, 0.29) is 12.2 Å². The molecule has 0 radical (unpaired) electrons. The highest BCUT2D eigenvalue weighted by Crippen LogP contribution is 2.38. The Hall–Kier alpha value is -3.53. The topological polar surface area (TPSA) is 83.0 Å². The van der Waals surface area contributed by atoms with Gasteiger partial charge in [-0.05, 0) is 62.7 Å². The Bertz CT molecular complexity index is 1800. The van der Waals surface area contributed by atoms with E-state index in [2.05, 4.69) is 12.1 Å². The molecule has 0 N–H and O–H groups in total. The second-order valence-electron chi connectivity index (χ2n) is 9.37. The van der Waals surface area contributed by atoms with Crippen LogP contribution in [0.4, 0.5) is 0 Å². The van der Waals surface area contributed by atoms with Crippen molar-refractivity contribution in [2.45, 2.75) is 49.6 Å². The lowest BCUT2D eigenvalue weighted by molar-refractivity contribution is -0.139. The molecule has 0 bridgehead atoms. The molecule has 1 atom stereocenters. The highest BCUT2D eigenvalue weighted by Gasteiger charge is 2.36. The summed E-state index contributed by atoms with van der Waals surface area (Å²) in [7, 11) is 1.54. The molecule has 0 aliphatic carbocycles. The number of carbonyl (C=O) groups is 1. The Morgan fingerprint density at radius 3 is 2.66 bits per heavy atom. The van der Waals surface area contributed by atoms with Gasteiger partial charge in [-0.2, -0.15) is 0 Å². The van der Waals surface area contributed by atoms with E-state index in [1.165, 1.54) is 33.2 Å². The number of hydrogen-bond acceptors (Lipinski definition) is 8. The predicted octanol–water partition coefficient (Wildman–Crippen LogP) is 6.29. The molecule has 0 fully saturated rings. The normalized spacial score (nSPS) is 15.0. The molecule has 0 amide bonds. The van der Waals surface area contributed by atoms with Gasteiger partial charge in [-0.25, -0.2) is 9.79 Å². The zero-order valence-electron chi connectivity index (χ0n) is 23.1. The highest BCUT2D eigenvalue weighted by molar-refractivity contribution is 7.99. The van der Waals surface area contributed by atoms with Gasteiger partial charge in [-0.3, -0.25) is 9.36 Å². The second kappa shape index (κ2) is 12.5. The molecule has 4 aromatic rings. The van der Waals surface area contributed by atoms with E-state index in [9.17, 15) is 9.59 Å². The van der Waals surface area contributed by atoms with E-state index in [1.807, 2.05) is 38.1 Å². The zero-order chi connectivity index (χ0) is 29.1. The van der Waals surface area contributed by atoms with Crippen LogP contribution in [0.2, 0.25) is 5.02 Å². The van der Waals surface area contributed by atoms with Gasteiger partial charge in [0.25, 0.3) is 5.56 Å². The summed E-state index contributed by atoms with van der Waals surface area (Å²) in [5.41, 5.74) is 2.35. The molecule has 1 aliphatic heterocycles. The smallest absolute Gasteiger partial charge is 0.338 e. The SMILES string of the molecule is CCCC1=C(C(=O)OCC)[C@H](c2cc(Cl)ccc2OC)n2c(s/c(=C/c3ccc(Sc4ccc(C)cc4)o3)c2=O)=N1. The number of esters is 1. The third-order valence-corrected chi connectivity index (χ3v) is 8.64. The minimum Gasteiger partial charge on any atom is -0.496 e. The molecule has 0 saturated carbocycles. The van der Waals surface area contributed by atoms with Gasteiger partial charge in [-0.1, -0.05) is 65.7 Å². The average Bonchev–Trinajstić information content (AvgIpc) is 3.52. The van der Waals surface area contributed by atoms with E-state index < -0.39 is 12.0 Å². The van der Waals surface area contributed by atoms with Crippen molar-refractivity contribution < 1.29 is 18.7 Å². The van der Waals surface area contributed by atoms with Crippen LogP contribution in [0.15, 0.2) is 90.1 Å². The predicted molar refractivity (Wildman–Crippen MR) is 162 cm³/mol. The van der Waals surface area contributed by atoms with E-state index in [4.69, 9.17) is 30.5 Å². The van der Waals surface area contributed by atoms with Crippen LogP contribution >= 0.6 is 34.7 Å². The Morgan fingerprint density at radius 1 is 1.17 bits per heavy atom. The van der Waals surface area contributed by atoms with Gasteiger partial charge < -0.3 is 13.9 Å². The molecular weight excluding hydrogens is 580 g/mol. The second-order valence-corrected chi connectivity index (χ2v) is 11.9. The number of hydrogen-bond donors (Lipinski definition) is 0. The molecule has 41 heavy (non-hydrogen) atoms. The summed E-state index contributed by atoms with van der Waals surface area (Å²) in [5.74, 6) is 0.516. The van der Waals surface area contributed by atoms with Crippen molar-refractivity contribution in [2.24, 2.45) is 4.99 Å². The summed E-state index contributed by atoms with van der Waals surface area (Å²) in [6.07, 6.45) is 3.00. The number of furan rings is 1.